The van der Waals surface area contributed by atoms with E-state index in [2.05, 4.69) is 72.8 Å². The van der Waals surface area contributed by atoms with Gasteiger partial charge in [0.2, 0.25) is 0 Å². The Morgan fingerprint density at radius 2 is 1.16 bits per heavy atom. The summed E-state index contributed by atoms with van der Waals surface area (Å²) in [6, 6.07) is 21.7. The molecule has 0 unspecified atom stereocenters. The Morgan fingerprint density at radius 3 is 1.64 bits per heavy atom. The van der Waals surface area contributed by atoms with Gasteiger partial charge in [-0.15, -0.1) is 0 Å². The third kappa shape index (κ3) is 2.71. The summed E-state index contributed by atoms with van der Waals surface area (Å²) in [7, 11) is 0. The second-order valence-electron chi connectivity index (χ2n) is 7.58. The van der Waals surface area contributed by atoms with Crippen molar-refractivity contribution in [1.82, 2.24) is 0 Å². The van der Waals surface area contributed by atoms with Gasteiger partial charge in [0.1, 0.15) is 0 Å². The highest BCUT2D eigenvalue weighted by Crippen LogP contribution is 2.71. The fourth-order valence-corrected chi connectivity index (χ4v) is 7.46. The van der Waals surface area contributed by atoms with Crippen molar-refractivity contribution in [3.05, 3.63) is 82.6 Å². The van der Waals surface area contributed by atoms with Crippen molar-refractivity contribution >= 4 is 23.5 Å². The van der Waals surface area contributed by atoms with Crippen LogP contribution in [0.1, 0.15) is 32.1 Å². The van der Waals surface area contributed by atoms with Crippen molar-refractivity contribution in [2.75, 3.05) is 0 Å². The van der Waals surface area contributed by atoms with E-state index in [1.54, 1.807) is 9.81 Å². The van der Waals surface area contributed by atoms with Gasteiger partial charge in [-0.2, -0.15) is 0 Å². The van der Waals surface area contributed by atoms with Crippen molar-refractivity contribution in [1.29, 1.82) is 0 Å². The molecule has 2 heteroatoms. The Balaban J connectivity index is 1.42. The zero-order valence-corrected chi connectivity index (χ0v) is 15.9. The molecule has 2 aromatic rings. The van der Waals surface area contributed by atoms with E-state index in [0.717, 1.165) is 0 Å². The Labute approximate surface area is 158 Å². The minimum atomic E-state index is 0.335. The van der Waals surface area contributed by atoms with Crippen molar-refractivity contribution in [2.45, 2.75) is 41.9 Å². The number of hydrogen-bond donors (Lipinski definition) is 0. The zero-order chi connectivity index (χ0) is 16.7. The predicted molar refractivity (Wildman–Crippen MR) is 109 cm³/mol. The van der Waals surface area contributed by atoms with E-state index in [4.69, 9.17) is 0 Å². The molecule has 0 amide bonds. The van der Waals surface area contributed by atoms with Crippen LogP contribution in [-0.2, 0) is 0 Å². The topological polar surface area (TPSA) is 0 Å². The third-order valence-electron chi connectivity index (χ3n) is 6.08. The van der Waals surface area contributed by atoms with Crippen molar-refractivity contribution < 1.29 is 0 Å². The lowest BCUT2D eigenvalue weighted by Crippen LogP contribution is -2.26. The van der Waals surface area contributed by atoms with Gasteiger partial charge in [0.25, 0.3) is 0 Å². The zero-order valence-electron chi connectivity index (χ0n) is 14.3. The Kier molecular flexibility index (Phi) is 3.87. The molecule has 0 nitrogen and oxygen atoms in total. The van der Waals surface area contributed by atoms with Gasteiger partial charge in [-0.25, -0.2) is 0 Å². The molecule has 3 aliphatic carbocycles. The first-order valence-corrected chi connectivity index (χ1v) is 10.8. The highest BCUT2D eigenvalue weighted by Gasteiger charge is 2.59. The fourth-order valence-electron chi connectivity index (χ4n) is 5.03. The lowest BCUT2D eigenvalue weighted by Gasteiger charge is -2.33. The van der Waals surface area contributed by atoms with Crippen LogP contribution in [0.15, 0.2) is 92.4 Å². The molecule has 0 aliphatic heterocycles. The molecule has 0 bridgehead atoms. The average Bonchev–Trinajstić information content (AvgIpc) is 3.16. The maximum atomic E-state index is 2.64. The summed E-state index contributed by atoms with van der Waals surface area (Å²) in [6.07, 6.45) is 11.9. The monoisotopic (exact) mass is 362 g/mol. The highest BCUT2D eigenvalue weighted by atomic mass is 32.2. The van der Waals surface area contributed by atoms with Crippen LogP contribution in [0.5, 0.6) is 0 Å². The van der Waals surface area contributed by atoms with Gasteiger partial charge in [0.15, 0.2) is 0 Å². The van der Waals surface area contributed by atoms with Gasteiger partial charge in [0.05, 0.1) is 0 Å². The molecule has 0 atom stereocenters. The summed E-state index contributed by atoms with van der Waals surface area (Å²) in [5.41, 5.74) is 0.808. The number of benzene rings is 2. The van der Waals surface area contributed by atoms with Crippen LogP contribution >= 0.6 is 23.5 Å². The summed E-state index contributed by atoms with van der Waals surface area (Å²) in [5.74, 6) is 0. The van der Waals surface area contributed by atoms with E-state index in [0.29, 0.717) is 10.8 Å². The molecule has 0 radical (unpaired) electrons. The minimum Gasteiger partial charge on any atom is -0.0948 e. The van der Waals surface area contributed by atoms with Gasteiger partial charge in [0, 0.05) is 15.2 Å². The summed E-state index contributed by atoms with van der Waals surface area (Å²) in [6.45, 7) is 0. The van der Waals surface area contributed by atoms with Crippen molar-refractivity contribution in [2.24, 2.45) is 10.8 Å². The van der Waals surface area contributed by atoms with E-state index in [1.165, 1.54) is 41.9 Å². The van der Waals surface area contributed by atoms with Crippen LogP contribution in [0.25, 0.3) is 0 Å². The van der Waals surface area contributed by atoms with E-state index in [-0.39, 0.29) is 0 Å². The highest BCUT2D eigenvalue weighted by molar-refractivity contribution is 8.03. The van der Waals surface area contributed by atoms with E-state index in [1.807, 2.05) is 23.5 Å². The summed E-state index contributed by atoms with van der Waals surface area (Å²) in [5, 5.41) is 0. The Morgan fingerprint density at radius 1 is 0.640 bits per heavy atom. The normalized spacial score (nSPS) is 29.9. The van der Waals surface area contributed by atoms with Gasteiger partial charge in [-0.05, 0) is 65.2 Å². The van der Waals surface area contributed by atoms with Gasteiger partial charge >= 0.3 is 0 Å². The lowest BCUT2D eigenvalue weighted by atomic mass is 9.70. The SMILES string of the molecule is C1=C(Sc2ccccc2)CC23CCCC12C=C(Sc1ccccc1)C3. The molecule has 1 fully saturated rings. The molecule has 0 N–H and O–H groups in total. The first-order valence-electron chi connectivity index (χ1n) is 9.16. The van der Waals surface area contributed by atoms with E-state index >= 15 is 0 Å². The van der Waals surface area contributed by atoms with Crippen LogP contribution in [0, 0.1) is 10.8 Å². The molecule has 0 aromatic heterocycles. The van der Waals surface area contributed by atoms with Crippen LogP contribution in [0.3, 0.4) is 0 Å². The number of hydrogen-bond acceptors (Lipinski definition) is 2. The first-order chi connectivity index (χ1) is 12.3. The number of rotatable bonds is 4. The van der Waals surface area contributed by atoms with E-state index in [9.17, 15) is 0 Å². The summed E-state index contributed by atoms with van der Waals surface area (Å²) >= 11 is 3.97. The van der Waals surface area contributed by atoms with Crippen LogP contribution in [0.4, 0.5) is 0 Å². The molecule has 0 heterocycles. The molecule has 0 saturated heterocycles. The van der Waals surface area contributed by atoms with Crippen LogP contribution in [-0.4, -0.2) is 0 Å². The van der Waals surface area contributed by atoms with Crippen molar-refractivity contribution in [3.8, 4) is 0 Å². The van der Waals surface area contributed by atoms with Gasteiger partial charge in [-0.1, -0.05) is 78.5 Å². The maximum Gasteiger partial charge on any atom is 0.0146 e. The fraction of sp³-hybridized carbons (Fsp3) is 0.304. The lowest BCUT2D eigenvalue weighted by molar-refractivity contribution is 0.215. The number of thioether (sulfide) groups is 2. The van der Waals surface area contributed by atoms with Crippen LogP contribution < -0.4 is 0 Å². The maximum absolute atomic E-state index is 2.64. The van der Waals surface area contributed by atoms with Crippen molar-refractivity contribution in [3.63, 3.8) is 0 Å². The standard InChI is InChI=1S/C23H22S2/c1-3-8-18(9-4-1)24-20-14-22-12-7-13-23(22,15-20)17-21(16-22)25-19-10-5-2-6-11-19/h1-6,8-11,14,16H,7,12-13,15,17H2. The number of allylic oxidation sites excluding steroid dienone is 4. The molecule has 2 aromatic carbocycles. The first kappa shape index (κ1) is 15.8. The quantitative estimate of drug-likeness (QED) is 0.559. The Bertz CT molecular complexity index is 771. The molecular weight excluding hydrogens is 340 g/mol. The van der Waals surface area contributed by atoms with Gasteiger partial charge < -0.3 is 0 Å². The Hall–Kier alpha value is -1.38. The molecule has 1 saturated carbocycles. The third-order valence-corrected chi connectivity index (χ3v) is 8.14. The molecular formula is C23H22S2. The second-order valence-corrected chi connectivity index (χ2v) is 9.98. The molecule has 0 spiro atoms. The van der Waals surface area contributed by atoms with E-state index < -0.39 is 0 Å². The minimum absolute atomic E-state index is 0.335. The largest absolute Gasteiger partial charge is 0.0948 e. The summed E-state index contributed by atoms with van der Waals surface area (Å²) in [4.78, 5) is 5.93. The van der Waals surface area contributed by atoms with Gasteiger partial charge in [-0.3, -0.25) is 0 Å². The predicted octanol–water partition coefficient (Wildman–Crippen LogP) is 7.30. The summed E-state index contributed by atoms with van der Waals surface area (Å²) < 4.78 is 0. The molecule has 126 valence electrons. The van der Waals surface area contributed by atoms with Crippen LogP contribution in [0.2, 0.25) is 0 Å². The molecule has 3 aliphatic rings. The smallest absolute Gasteiger partial charge is 0.0146 e. The average molecular weight is 363 g/mol. The molecule has 25 heavy (non-hydrogen) atoms. The molecule has 5 rings (SSSR count). The second kappa shape index (κ2) is 6.10.